The maximum absolute atomic E-state index is 13.3. The lowest BCUT2D eigenvalue weighted by Gasteiger charge is -2.26. The lowest BCUT2D eigenvalue weighted by atomic mass is 9.99. The second-order valence-corrected chi connectivity index (χ2v) is 11.7. The van der Waals surface area contributed by atoms with Gasteiger partial charge in [-0.1, -0.05) is 18.7 Å². The van der Waals surface area contributed by atoms with E-state index in [0.29, 0.717) is 12.1 Å². The largest absolute Gasteiger partial charge is 0.416 e. The molecule has 0 aliphatic carbocycles. The average molecular weight is 629 g/mol. The SMILES string of the molecule is C=C(C)S(=O)(=O)c1ccc(NC(=O)[C@@H](NC(=O)[C@@H](N)CC(=O)N(CCN)CCN)[C@H](O)c2ccc(C(F)(F)F)cc2)cc1. The summed E-state index contributed by atoms with van der Waals surface area (Å²) in [7, 11) is -3.79. The third-order valence-corrected chi connectivity index (χ3v) is 8.06. The number of rotatable bonds is 14. The molecule has 2 aromatic carbocycles. The van der Waals surface area contributed by atoms with Gasteiger partial charge >= 0.3 is 6.18 Å². The maximum atomic E-state index is 13.3. The summed E-state index contributed by atoms with van der Waals surface area (Å²) < 4.78 is 63.7. The minimum atomic E-state index is -4.65. The van der Waals surface area contributed by atoms with Crippen LogP contribution in [0.15, 0.2) is 64.9 Å². The lowest BCUT2D eigenvalue weighted by molar-refractivity contribution is -0.137. The molecule has 0 radical (unpaired) electrons. The standard InChI is InChI=1S/C27H35F3N6O6S/c1-16(2)43(41,42)20-9-7-19(8-10-20)34-26(40)23(24(38)17-3-5-18(6-4-17)27(28,29)30)35-25(39)21(33)15-22(37)36(13-11-31)14-12-32/h3-10,21,23-24,38H,1,11-15,31-33H2,2H3,(H,34,40)(H,35,39)/t21-,23-,24+/m0/s1. The van der Waals surface area contributed by atoms with E-state index >= 15 is 0 Å². The van der Waals surface area contributed by atoms with Crippen molar-refractivity contribution in [1.82, 2.24) is 10.2 Å². The molecular weight excluding hydrogens is 593 g/mol. The van der Waals surface area contributed by atoms with Gasteiger partial charge in [0.05, 0.1) is 22.9 Å². The number of anilines is 1. The summed E-state index contributed by atoms with van der Waals surface area (Å²) >= 11 is 0. The van der Waals surface area contributed by atoms with Crippen molar-refractivity contribution in [3.8, 4) is 0 Å². The zero-order chi connectivity index (χ0) is 32.5. The van der Waals surface area contributed by atoms with Crippen LogP contribution < -0.4 is 27.8 Å². The van der Waals surface area contributed by atoms with Gasteiger partial charge in [0.2, 0.25) is 27.6 Å². The second-order valence-electron chi connectivity index (χ2n) is 9.54. The predicted octanol–water partition coefficient (Wildman–Crippen LogP) is 0.633. The van der Waals surface area contributed by atoms with E-state index < -0.39 is 63.9 Å². The number of carbonyl (C=O) groups is 3. The first-order chi connectivity index (χ1) is 20.0. The van der Waals surface area contributed by atoms with Crippen LogP contribution >= 0.6 is 0 Å². The van der Waals surface area contributed by atoms with Gasteiger partial charge in [-0.25, -0.2) is 8.42 Å². The summed E-state index contributed by atoms with van der Waals surface area (Å²) in [6, 6.07) is 4.92. The first-order valence-corrected chi connectivity index (χ1v) is 14.4. The molecule has 12 nitrogen and oxygen atoms in total. The topological polar surface area (TPSA) is 211 Å². The van der Waals surface area contributed by atoms with E-state index in [4.69, 9.17) is 17.2 Å². The quantitative estimate of drug-likeness (QED) is 0.173. The predicted molar refractivity (Wildman–Crippen MR) is 153 cm³/mol. The smallest absolute Gasteiger partial charge is 0.386 e. The van der Waals surface area contributed by atoms with Crippen molar-refractivity contribution in [2.75, 3.05) is 31.5 Å². The number of nitrogens with two attached hydrogens (primary N) is 3. The third kappa shape index (κ3) is 9.59. The minimum absolute atomic E-state index is 0.0724. The normalized spacial score (nSPS) is 13.9. The first kappa shape index (κ1) is 35.4. The highest BCUT2D eigenvalue weighted by Crippen LogP contribution is 2.30. The molecule has 9 N–H and O–H groups in total. The Hall–Kier alpha value is -3.83. The number of halogens is 3. The molecule has 0 fully saturated rings. The molecule has 43 heavy (non-hydrogen) atoms. The van der Waals surface area contributed by atoms with Gasteiger partial charge in [-0.05, 0) is 48.9 Å². The van der Waals surface area contributed by atoms with Crippen LogP contribution in [0.2, 0.25) is 0 Å². The van der Waals surface area contributed by atoms with Crippen LogP contribution in [0, 0.1) is 0 Å². The summed E-state index contributed by atoms with van der Waals surface area (Å²) in [4.78, 5) is 39.9. The molecule has 0 aliphatic heterocycles. The van der Waals surface area contributed by atoms with Crippen LogP contribution in [0.4, 0.5) is 18.9 Å². The molecule has 0 heterocycles. The fraction of sp³-hybridized carbons (Fsp3) is 0.370. The van der Waals surface area contributed by atoms with Crippen molar-refractivity contribution in [2.45, 2.75) is 42.6 Å². The van der Waals surface area contributed by atoms with Gasteiger partial charge in [0.25, 0.3) is 0 Å². The number of benzene rings is 2. The monoisotopic (exact) mass is 628 g/mol. The average Bonchev–Trinajstić information content (AvgIpc) is 2.94. The van der Waals surface area contributed by atoms with Crippen LogP contribution in [0.5, 0.6) is 0 Å². The molecule has 16 heteroatoms. The van der Waals surface area contributed by atoms with Gasteiger partial charge in [-0.15, -0.1) is 0 Å². The van der Waals surface area contributed by atoms with Gasteiger partial charge < -0.3 is 37.8 Å². The van der Waals surface area contributed by atoms with Crippen LogP contribution in [0.3, 0.4) is 0 Å². The molecule has 0 unspecified atom stereocenters. The van der Waals surface area contributed by atoms with E-state index in [1.807, 2.05) is 0 Å². The number of alkyl halides is 3. The number of sulfone groups is 1. The first-order valence-electron chi connectivity index (χ1n) is 12.9. The number of aliphatic hydroxyl groups is 1. The van der Waals surface area contributed by atoms with Crippen LogP contribution in [0.1, 0.15) is 30.6 Å². The van der Waals surface area contributed by atoms with E-state index in [1.54, 1.807) is 0 Å². The van der Waals surface area contributed by atoms with E-state index in [9.17, 15) is 41.1 Å². The number of carbonyl (C=O) groups excluding carboxylic acids is 3. The third-order valence-electron chi connectivity index (χ3n) is 6.25. The molecule has 0 saturated carbocycles. The highest BCUT2D eigenvalue weighted by atomic mass is 32.2. The van der Waals surface area contributed by atoms with Gasteiger partial charge in [0.15, 0.2) is 0 Å². The summed E-state index contributed by atoms with van der Waals surface area (Å²) in [5.74, 6) is -2.56. The van der Waals surface area contributed by atoms with Crippen LogP contribution in [0.25, 0.3) is 0 Å². The van der Waals surface area contributed by atoms with E-state index in [-0.39, 0.29) is 47.2 Å². The summed E-state index contributed by atoms with van der Waals surface area (Å²) in [6.07, 6.45) is -7.00. The van der Waals surface area contributed by atoms with Crippen molar-refractivity contribution in [3.05, 3.63) is 71.1 Å². The van der Waals surface area contributed by atoms with E-state index in [1.165, 1.54) is 36.1 Å². The van der Waals surface area contributed by atoms with E-state index in [2.05, 4.69) is 17.2 Å². The molecule has 2 rings (SSSR count). The van der Waals surface area contributed by atoms with E-state index in [0.717, 1.165) is 12.1 Å². The van der Waals surface area contributed by atoms with Crippen molar-refractivity contribution in [1.29, 1.82) is 0 Å². The Morgan fingerprint density at radius 1 is 0.977 bits per heavy atom. The highest BCUT2D eigenvalue weighted by Gasteiger charge is 2.34. The van der Waals surface area contributed by atoms with Gasteiger partial charge in [0, 0.05) is 36.8 Å². The second kappa shape index (κ2) is 15.1. The fourth-order valence-corrected chi connectivity index (χ4v) is 4.73. The van der Waals surface area contributed by atoms with Gasteiger partial charge in [0.1, 0.15) is 12.1 Å². The van der Waals surface area contributed by atoms with Crippen molar-refractivity contribution < 1.29 is 41.1 Å². The Morgan fingerprint density at radius 2 is 1.51 bits per heavy atom. The van der Waals surface area contributed by atoms with Gasteiger partial charge in [-0.2, -0.15) is 13.2 Å². The fourth-order valence-electron chi connectivity index (χ4n) is 3.83. The molecule has 0 bridgehead atoms. The van der Waals surface area contributed by atoms with Gasteiger partial charge in [-0.3, -0.25) is 14.4 Å². The molecule has 2 aromatic rings. The number of hydrogen-bond acceptors (Lipinski definition) is 9. The Labute approximate surface area is 247 Å². The van der Waals surface area contributed by atoms with Crippen molar-refractivity contribution in [3.63, 3.8) is 0 Å². The molecule has 3 atom stereocenters. The molecule has 0 aromatic heterocycles. The molecular formula is C27H35F3N6O6S. The zero-order valence-corrected chi connectivity index (χ0v) is 24.1. The van der Waals surface area contributed by atoms with Crippen molar-refractivity contribution >= 4 is 33.2 Å². The molecule has 0 spiro atoms. The van der Waals surface area contributed by atoms with Crippen LogP contribution in [-0.2, 0) is 30.4 Å². The zero-order valence-electron chi connectivity index (χ0n) is 23.3. The number of allylic oxidation sites excluding steroid dienone is 1. The number of aliphatic hydroxyl groups excluding tert-OH is 1. The lowest BCUT2D eigenvalue weighted by Crippen LogP contribution is -2.53. The Kier molecular flexibility index (Phi) is 12.4. The highest BCUT2D eigenvalue weighted by molar-refractivity contribution is 7.95. The molecule has 0 aliphatic rings. The number of nitrogens with zero attached hydrogens (tertiary/aromatic N) is 1. The maximum Gasteiger partial charge on any atom is 0.416 e. The Bertz CT molecular complexity index is 1400. The number of nitrogens with one attached hydrogen (secondary N) is 2. The van der Waals surface area contributed by atoms with Crippen molar-refractivity contribution in [2.24, 2.45) is 17.2 Å². The Morgan fingerprint density at radius 3 is 1.98 bits per heavy atom. The molecule has 0 saturated heterocycles. The molecule has 3 amide bonds. The summed E-state index contributed by atoms with van der Waals surface area (Å²) in [5, 5.41) is 15.7. The summed E-state index contributed by atoms with van der Waals surface area (Å²) in [6.45, 7) is 5.32. The van der Waals surface area contributed by atoms with Crippen LogP contribution in [-0.4, -0.2) is 74.4 Å². The molecule has 236 valence electrons. The number of hydrogen-bond donors (Lipinski definition) is 6. The Balaban J connectivity index is 2.33. The summed E-state index contributed by atoms with van der Waals surface area (Å²) in [5.41, 5.74) is 15.8. The number of amides is 3. The minimum Gasteiger partial charge on any atom is -0.386 e.